The van der Waals surface area contributed by atoms with E-state index in [1.54, 1.807) is 0 Å². The fourth-order valence-electron chi connectivity index (χ4n) is 2.38. The molecule has 2 N–H and O–H groups in total. The molecular formula is C17H24N2O2. The molecule has 0 radical (unpaired) electrons. The van der Waals surface area contributed by atoms with E-state index in [9.17, 15) is 9.90 Å². The van der Waals surface area contributed by atoms with E-state index in [4.69, 9.17) is 0 Å². The minimum Gasteiger partial charge on any atom is -0.387 e. The number of aromatic nitrogens is 1. The topological polar surface area (TPSA) is 54.3 Å². The van der Waals surface area contributed by atoms with Gasteiger partial charge in [-0.3, -0.25) is 4.79 Å². The first-order chi connectivity index (χ1) is 9.76. The highest BCUT2D eigenvalue weighted by molar-refractivity contribution is 5.81. The smallest absolute Gasteiger partial charge is 0.220 e. The number of rotatable bonds is 4. The molecule has 1 aromatic heterocycles. The zero-order chi connectivity index (χ0) is 15.6. The molecule has 1 aromatic carbocycles. The second kappa shape index (κ2) is 5.90. The lowest BCUT2D eigenvalue weighted by Gasteiger charge is -2.18. The number of carbonyl (C=O) groups excluding carboxylic acids is 1. The molecule has 114 valence electrons. The van der Waals surface area contributed by atoms with Crippen molar-refractivity contribution in [2.24, 2.45) is 12.5 Å². The van der Waals surface area contributed by atoms with Crippen LogP contribution in [0.4, 0.5) is 0 Å². The molecule has 1 heterocycles. The van der Waals surface area contributed by atoms with Gasteiger partial charge in [0.15, 0.2) is 0 Å². The Kier molecular flexibility index (Phi) is 4.37. The lowest BCUT2D eigenvalue weighted by atomic mass is 9.92. The summed E-state index contributed by atoms with van der Waals surface area (Å²) in [5.41, 5.74) is 1.91. The van der Waals surface area contributed by atoms with Gasteiger partial charge in [0.05, 0.1) is 6.10 Å². The fourth-order valence-corrected chi connectivity index (χ4v) is 2.38. The molecule has 0 saturated carbocycles. The van der Waals surface area contributed by atoms with Crippen LogP contribution in [0, 0.1) is 5.41 Å². The predicted octanol–water partition coefficient (Wildman–Crippen LogP) is 2.76. The monoisotopic (exact) mass is 288 g/mol. The second-order valence-corrected chi connectivity index (χ2v) is 6.80. The average Bonchev–Trinajstić information content (AvgIpc) is 2.75. The fraction of sp³-hybridized carbons (Fsp3) is 0.471. The number of benzene rings is 1. The summed E-state index contributed by atoms with van der Waals surface area (Å²) in [4.78, 5) is 11.8. The van der Waals surface area contributed by atoms with Gasteiger partial charge in [-0.25, -0.2) is 0 Å². The highest BCUT2D eigenvalue weighted by Gasteiger charge is 2.17. The van der Waals surface area contributed by atoms with Crippen LogP contribution >= 0.6 is 0 Å². The van der Waals surface area contributed by atoms with Gasteiger partial charge in [0, 0.05) is 31.7 Å². The molecule has 0 bridgehead atoms. The lowest BCUT2D eigenvalue weighted by molar-refractivity contribution is -0.123. The quantitative estimate of drug-likeness (QED) is 0.909. The molecule has 1 atom stereocenters. The van der Waals surface area contributed by atoms with Crippen molar-refractivity contribution in [3.63, 3.8) is 0 Å². The van der Waals surface area contributed by atoms with Crippen LogP contribution in [0.5, 0.6) is 0 Å². The molecule has 0 fully saturated rings. The average molecular weight is 288 g/mol. The van der Waals surface area contributed by atoms with Crippen molar-refractivity contribution in [1.82, 2.24) is 9.88 Å². The van der Waals surface area contributed by atoms with Gasteiger partial charge in [0.25, 0.3) is 0 Å². The maximum Gasteiger partial charge on any atom is 0.220 e. The van der Waals surface area contributed by atoms with Crippen LogP contribution in [-0.4, -0.2) is 22.1 Å². The Balaban J connectivity index is 1.98. The summed E-state index contributed by atoms with van der Waals surface area (Å²) >= 11 is 0. The SMILES string of the molecule is Cn1ccc2cc([C@@H](O)CNC(=O)CC(C)(C)C)ccc21. The number of aryl methyl sites for hydroxylation is 1. The molecular weight excluding hydrogens is 264 g/mol. The van der Waals surface area contributed by atoms with Gasteiger partial charge in [-0.15, -0.1) is 0 Å². The first-order valence-electron chi connectivity index (χ1n) is 7.26. The number of carbonyl (C=O) groups is 1. The van der Waals surface area contributed by atoms with Crippen molar-refractivity contribution in [2.45, 2.75) is 33.3 Å². The second-order valence-electron chi connectivity index (χ2n) is 6.80. The molecule has 0 saturated heterocycles. The normalized spacial score (nSPS) is 13.4. The molecule has 1 amide bonds. The first kappa shape index (κ1) is 15.6. The minimum absolute atomic E-state index is 0.0256. The first-order valence-corrected chi connectivity index (χ1v) is 7.26. The Bertz CT molecular complexity index is 638. The molecule has 4 heteroatoms. The third-order valence-electron chi connectivity index (χ3n) is 3.48. The van der Waals surface area contributed by atoms with E-state index in [1.165, 1.54) is 0 Å². The minimum atomic E-state index is -0.682. The van der Waals surface area contributed by atoms with Crippen molar-refractivity contribution >= 4 is 16.8 Å². The zero-order valence-corrected chi connectivity index (χ0v) is 13.2. The van der Waals surface area contributed by atoms with Gasteiger partial charge in [-0.2, -0.15) is 0 Å². The highest BCUT2D eigenvalue weighted by Crippen LogP contribution is 2.21. The number of aliphatic hydroxyl groups excluding tert-OH is 1. The van der Waals surface area contributed by atoms with Gasteiger partial charge >= 0.3 is 0 Å². The standard InChI is InChI=1S/C17H24N2O2/c1-17(2,3)10-16(21)18-11-15(20)13-5-6-14-12(9-13)7-8-19(14)4/h5-9,15,20H,10-11H2,1-4H3,(H,18,21)/t15-/m0/s1. The predicted molar refractivity (Wildman–Crippen MR) is 85.0 cm³/mol. The molecule has 0 unspecified atom stereocenters. The molecule has 2 rings (SSSR count). The number of aliphatic hydroxyl groups is 1. The van der Waals surface area contributed by atoms with Crippen molar-refractivity contribution in [3.05, 3.63) is 36.0 Å². The van der Waals surface area contributed by atoms with E-state index < -0.39 is 6.10 Å². The van der Waals surface area contributed by atoms with Gasteiger partial charge in [-0.1, -0.05) is 26.8 Å². The molecule has 21 heavy (non-hydrogen) atoms. The van der Waals surface area contributed by atoms with Crippen molar-refractivity contribution in [3.8, 4) is 0 Å². The van der Waals surface area contributed by atoms with Gasteiger partial charge < -0.3 is 15.0 Å². The molecule has 4 nitrogen and oxygen atoms in total. The van der Waals surface area contributed by atoms with Crippen LogP contribution in [0.15, 0.2) is 30.5 Å². The van der Waals surface area contributed by atoms with Crippen LogP contribution in [-0.2, 0) is 11.8 Å². The number of hydrogen-bond donors (Lipinski definition) is 2. The molecule has 0 aliphatic rings. The summed E-state index contributed by atoms with van der Waals surface area (Å²) in [6.07, 6.45) is 1.77. The summed E-state index contributed by atoms with van der Waals surface area (Å²) in [7, 11) is 1.99. The van der Waals surface area contributed by atoms with Crippen LogP contribution in [0.1, 0.15) is 38.9 Å². The lowest BCUT2D eigenvalue weighted by Crippen LogP contribution is -2.31. The van der Waals surface area contributed by atoms with Crippen LogP contribution in [0.25, 0.3) is 10.9 Å². The summed E-state index contributed by atoms with van der Waals surface area (Å²) < 4.78 is 2.04. The van der Waals surface area contributed by atoms with Crippen molar-refractivity contribution < 1.29 is 9.90 Å². The van der Waals surface area contributed by atoms with Gasteiger partial charge in [-0.05, 0) is 34.6 Å². The number of nitrogens with one attached hydrogen (secondary N) is 1. The van der Waals surface area contributed by atoms with Crippen molar-refractivity contribution in [2.75, 3.05) is 6.54 Å². The van der Waals surface area contributed by atoms with E-state index in [1.807, 2.05) is 62.8 Å². The number of amides is 1. The van der Waals surface area contributed by atoms with Gasteiger partial charge in [0.1, 0.15) is 0 Å². The largest absolute Gasteiger partial charge is 0.387 e. The molecule has 0 spiro atoms. The van der Waals surface area contributed by atoms with Crippen LogP contribution in [0.3, 0.4) is 0 Å². The van der Waals surface area contributed by atoms with E-state index in [2.05, 4.69) is 5.32 Å². The Hall–Kier alpha value is -1.81. The Morgan fingerprint density at radius 3 is 2.71 bits per heavy atom. The summed E-state index contributed by atoms with van der Waals surface area (Å²) in [6, 6.07) is 7.88. The van der Waals surface area contributed by atoms with E-state index in [0.29, 0.717) is 6.42 Å². The Morgan fingerprint density at radius 1 is 1.33 bits per heavy atom. The molecule has 2 aromatic rings. The third kappa shape index (κ3) is 4.08. The zero-order valence-electron chi connectivity index (χ0n) is 13.2. The maximum atomic E-state index is 11.8. The molecule has 0 aliphatic heterocycles. The van der Waals surface area contributed by atoms with Crippen molar-refractivity contribution in [1.29, 1.82) is 0 Å². The summed E-state index contributed by atoms with van der Waals surface area (Å²) in [6.45, 7) is 6.30. The number of nitrogens with zero attached hydrogens (tertiary/aromatic N) is 1. The Labute approximate surface area is 125 Å². The number of hydrogen-bond acceptors (Lipinski definition) is 2. The van der Waals surface area contributed by atoms with E-state index >= 15 is 0 Å². The maximum absolute atomic E-state index is 11.8. The van der Waals surface area contributed by atoms with Crippen LogP contribution in [0.2, 0.25) is 0 Å². The summed E-state index contributed by atoms with van der Waals surface area (Å²) in [5, 5.41) is 14.1. The van der Waals surface area contributed by atoms with E-state index in [-0.39, 0.29) is 17.9 Å². The highest BCUT2D eigenvalue weighted by atomic mass is 16.3. The number of fused-ring (bicyclic) bond motifs is 1. The Morgan fingerprint density at radius 2 is 2.05 bits per heavy atom. The third-order valence-corrected chi connectivity index (χ3v) is 3.48. The molecule has 0 aliphatic carbocycles. The van der Waals surface area contributed by atoms with Crippen LogP contribution < -0.4 is 5.32 Å². The van der Waals surface area contributed by atoms with Gasteiger partial charge in [0.2, 0.25) is 5.91 Å². The summed E-state index contributed by atoms with van der Waals surface area (Å²) in [5.74, 6) is -0.0256. The van der Waals surface area contributed by atoms with E-state index in [0.717, 1.165) is 16.5 Å².